The summed E-state index contributed by atoms with van der Waals surface area (Å²) in [5.74, 6) is 0.00793. The maximum atomic E-state index is 11.3. The molecule has 8 heteroatoms. The summed E-state index contributed by atoms with van der Waals surface area (Å²) >= 11 is 0. The molecule has 0 atom stereocenters. The van der Waals surface area contributed by atoms with Crippen molar-refractivity contribution in [3.63, 3.8) is 0 Å². The summed E-state index contributed by atoms with van der Waals surface area (Å²) in [4.78, 5) is 21.8. The van der Waals surface area contributed by atoms with Crippen molar-refractivity contribution in [1.82, 2.24) is 20.1 Å². The van der Waals surface area contributed by atoms with E-state index in [1.54, 1.807) is 6.92 Å². The minimum Gasteiger partial charge on any atom is -0.388 e. The zero-order valence-corrected chi connectivity index (χ0v) is 16.4. The maximum Gasteiger partial charge on any atom is 0.217 e. The SMILES string of the molecule is CCn1ncc2c(NC3CCC3)c(C3=NOC4(C3)CC(NC(C)=O)C4)cnc21. The highest BCUT2D eigenvalue weighted by Crippen LogP contribution is 2.44. The van der Waals surface area contributed by atoms with Crippen molar-refractivity contribution in [2.24, 2.45) is 5.16 Å². The first-order valence-electron chi connectivity index (χ1n) is 10.2. The number of carbonyl (C=O) groups is 1. The number of hydrogen-bond acceptors (Lipinski definition) is 6. The van der Waals surface area contributed by atoms with E-state index in [1.165, 1.54) is 19.3 Å². The Morgan fingerprint density at radius 1 is 1.32 bits per heavy atom. The summed E-state index contributed by atoms with van der Waals surface area (Å²) in [7, 11) is 0. The van der Waals surface area contributed by atoms with E-state index in [2.05, 4.69) is 32.8 Å². The van der Waals surface area contributed by atoms with E-state index in [0.717, 1.165) is 53.8 Å². The topological polar surface area (TPSA) is 93.4 Å². The summed E-state index contributed by atoms with van der Waals surface area (Å²) in [5, 5.41) is 16.6. The number of pyridine rings is 1. The lowest BCUT2D eigenvalue weighted by atomic mass is 9.72. The Bertz CT molecular complexity index is 955. The molecular formula is C20H26N6O2. The molecule has 0 radical (unpaired) electrons. The Labute approximate surface area is 163 Å². The zero-order chi connectivity index (χ0) is 19.3. The number of nitrogens with zero attached hydrogens (tertiary/aromatic N) is 4. The molecule has 0 saturated heterocycles. The number of aromatic nitrogens is 3. The molecule has 8 nitrogen and oxygen atoms in total. The highest BCUT2D eigenvalue weighted by molar-refractivity contribution is 6.10. The monoisotopic (exact) mass is 382 g/mol. The molecule has 0 bridgehead atoms. The number of nitrogens with one attached hydrogen (secondary N) is 2. The molecule has 2 aromatic rings. The molecule has 2 N–H and O–H groups in total. The van der Waals surface area contributed by atoms with Gasteiger partial charge < -0.3 is 15.5 Å². The van der Waals surface area contributed by atoms with Crippen molar-refractivity contribution in [3.8, 4) is 0 Å². The molecule has 2 saturated carbocycles. The summed E-state index contributed by atoms with van der Waals surface area (Å²) in [6.07, 6.45) is 9.81. The molecule has 2 fully saturated rings. The average molecular weight is 382 g/mol. The number of oxime groups is 1. The minimum atomic E-state index is -0.279. The van der Waals surface area contributed by atoms with Gasteiger partial charge in [-0.25, -0.2) is 9.67 Å². The zero-order valence-electron chi connectivity index (χ0n) is 16.4. The van der Waals surface area contributed by atoms with Gasteiger partial charge in [-0.15, -0.1) is 0 Å². The van der Waals surface area contributed by atoms with Crippen LogP contribution in [0.1, 0.15) is 57.9 Å². The first-order valence-corrected chi connectivity index (χ1v) is 10.2. The predicted molar refractivity (Wildman–Crippen MR) is 106 cm³/mol. The summed E-state index contributed by atoms with van der Waals surface area (Å²) < 4.78 is 1.92. The first kappa shape index (κ1) is 17.5. The third-order valence-corrected chi connectivity index (χ3v) is 6.21. The van der Waals surface area contributed by atoms with E-state index in [-0.39, 0.29) is 17.6 Å². The molecule has 148 valence electrons. The average Bonchev–Trinajstić information content (AvgIpc) is 3.21. The summed E-state index contributed by atoms with van der Waals surface area (Å²) in [5.41, 5.74) is 3.64. The van der Waals surface area contributed by atoms with Crippen LogP contribution in [0.2, 0.25) is 0 Å². The number of fused-ring (bicyclic) bond motifs is 1. The third-order valence-electron chi connectivity index (χ3n) is 6.21. The Hall–Kier alpha value is -2.64. The van der Waals surface area contributed by atoms with Gasteiger partial charge in [0.1, 0.15) is 5.60 Å². The molecule has 5 rings (SSSR count). The van der Waals surface area contributed by atoms with Gasteiger partial charge in [0.2, 0.25) is 5.91 Å². The lowest BCUT2D eigenvalue weighted by Crippen LogP contribution is -2.54. The lowest BCUT2D eigenvalue weighted by molar-refractivity contribution is -0.126. The van der Waals surface area contributed by atoms with Crippen LogP contribution in [-0.4, -0.2) is 44.1 Å². The van der Waals surface area contributed by atoms with Crippen molar-refractivity contribution in [3.05, 3.63) is 18.0 Å². The third kappa shape index (κ3) is 2.82. The van der Waals surface area contributed by atoms with E-state index >= 15 is 0 Å². The van der Waals surface area contributed by atoms with E-state index in [4.69, 9.17) is 4.84 Å². The second-order valence-corrected chi connectivity index (χ2v) is 8.31. The van der Waals surface area contributed by atoms with Gasteiger partial charge in [-0.2, -0.15) is 5.10 Å². The van der Waals surface area contributed by atoms with Crippen LogP contribution in [0, 0.1) is 0 Å². The molecule has 1 amide bonds. The first-order chi connectivity index (χ1) is 13.6. The van der Waals surface area contributed by atoms with E-state index in [1.807, 2.05) is 17.1 Å². The van der Waals surface area contributed by atoms with Gasteiger partial charge in [-0.1, -0.05) is 5.16 Å². The normalized spacial score (nSPS) is 26.5. The fourth-order valence-corrected chi connectivity index (χ4v) is 4.50. The number of carbonyl (C=O) groups excluding carboxylic acids is 1. The van der Waals surface area contributed by atoms with Gasteiger partial charge in [0.15, 0.2) is 5.65 Å². The Morgan fingerprint density at radius 2 is 2.14 bits per heavy atom. The van der Waals surface area contributed by atoms with Crippen molar-refractivity contribution < 1.29 is 9.63 Å². The Balaban J connectivity index is 1.42. The second kappa shape index (κ2) is 6.46. The van der Waals surface area contributed by atoms with Crippen LogP contribution in [0.15, 0.2) is 17.5 Å². The molecule has 0 unspecified atom stereocenters. The lowest BCUT2D eigenvalue weighted by Gasteiger charge is -2.42. The quantitative estimate of drug-likeness (QED) is 0.829. The van der Waals surface area contributed by atoms with Gasteiger partial charge in [0, 0.05) is 56.6 Å². The summed E-state index contributed by atoms with van der Waals surface area (Å²) in [6, 6.07) is 0.682. The molecule has 1 aliphatic heterocycles. The van der Waals surface area contributed by atoms with Gasteiger partial charge in [0.05, 0.1) is 23.0 Å². The van der Waals surface area contributed by atoms with Crippen molar-refractivity contribution >= 4 is 28.3 Å². The predicted octanol–water partition coefficient (Wildman–Crippen LogP) is 2.58. The van der Waals surface area contributed by atoms with Crippen molar-refractivity contribution in [2.45, 2.75) is 76.6 Å². The molecule has 1 spiro atoms. The molecule has 2 aliphatic carbocycles. The molecule has 0 aromatic carbocycles. The number of aryl methyl sites for hydroxylation is 1. The van der Waals surface area contributed by atoms with E-state index < -0.39 is 0 Å². The number of anilines is 1. The van der Waals surface area contributed by atoms with Crippen molar-refractivity contribution in [2.75, 3.05) is 5.32 Å². The van der Waals surface area contributed by atoms with Gasteiger partial charge >= 0.3 is 0 Å². The highest BCUT2D eigenvalue weighted by Gasteiger charge is 2.51. The van der Waals surface area contributed by atoms with Crippen molar-refractivity contribution in [1.29, 1.82) is 0 Å². The van der Waals surface area contributed by atoms with Crippen LogP contribution >= 0.6 is 0 Å². The van der Waals surface area contributed by atoms with Gasteiger partial charge in [-0.3, -0.25) is 4.79 Å². The molecule has 3 heterocycles. The second-order valence-electron chi connectivity index (χ2n) is 8.31. The number of hydrogen-bond donors (Lipinski definition) is 2. The van der Waals surface area contributed by atoms with Gasteiger partial charge in [-0.05, 0) is 26.2 Å². The fourth-order valence-electron chi connectivity index (χ4n) is 4.50. The van der Waals surface area contributed by atoms with Crippen LogP contribution in [0.25, 0.3) is 11.0 Å². The standard InChI is InChI=1S/C20H26N6O2/c1-3-26-19-16(11-22-26)18(24-13-5-4-6-13)15(10-21-19)17-9-20(28-25-17)7-14(8-20)23-12(2)27/h10-11,13-14H,3-9H2,1-2H3,(H,21,24)(H,23,27). The Morgan fingerprint density at radius 3 is 2.82 bits per heavy atom. The highest BCUT2D eigenvalue weighted by atomic mass is 16.7. The number of rotatable bonds is 5. The molecule has 28 heavy (non-hydrogen) atoms. The smallest absolute Gasteiger partial charge is 0.217 e. The van der Waals surface area contributed by atoms with Crippen LogP contribution in [0.5, 0.6) is 0 Å². The van der Waals surface area contributed by atoms with Gasteiger partial charge in [0.25, 0.3) is 0 Å². The largest absolute Gasteiger partial charge is 0.388 e. The minimum absolute atomic E-state index is 0.00793. The van der Waals surface area contributed by atoms with E-state index in [0.29, 0.717) is 6.04 Å². The maximum absolute atomic E-state index is 11.3. The van der Waals surface area contributed by atoms with Crippen LogP contribution in [0.3, 0.4) is 0 Å². The fraction of sp³-hybridized carbons (Fsp3) is 0.600. The van der Waals surface area contributed by atoms with E-state index in [9.17, 15) is 4.79 Å². The van der Waals surface area contributed by atoms with Crippen LogP contribution in [0.4, 0.5) is 5.69 Å². The van der Waals surface area contributed by atoms with Crippen LogP contribution < -0.4 is 10.6 Å². The molecule has 2 aromatic heterocycles. The molecule has 3 aliphatic rings. The summed E-state index contributed by atoms with van der Waals surface area (Å²) in [6.45, 7) is 4.41. The Kier molecular flexibility index (Phi) is 4.03. The number of amides is 1. The molecular weight excluding hydrogens is 356 g/mol. The van der Waals surface area contributed by atoms with Crippen LogP contribution in [-0.2, 0) is 16.2 Å².